The number of hydrogen-bond donors (Lipinski definition) is 1. The maximum atomic E-state index is 5.92. The van der Waals surface area contributed by atoms with E-state index in [4.69, 9.17) is 19.7 Å². The zero-order chi connectivity index (χ0) is 14.4. The van der Waals surface area contributed by atoms with Crippen LogP contribution in [0, 0.1) is 3.57 Å². The average molecular weight is 389 g/mol. The fourth-order valence-electron chi connectivity index (χ4n) is 1.59. The first-order valence-electron chi connectivity index (χ1n) is 6.15. The van der Waals surface area contributed by atoms with Crippen LogP contribution in [0.2, 0.25) is 0 Å². The van der Waals surface area contributed by atoms with Gasteiger partial charge in [-0.2, -0.15) is 4.98 Å². The Labute approximate surface area is 130 Å². The molecule has 20 heavy (non-hydrogen) atoms. The van der Waals surface area contributed by atoms with Crippen LogP contribution in [0.25, 0.3) is 11.5 Å². The Hall–Kier alpha value is -1.19. The molecular formula is C13H16IN3O3. The number of benzene rings is 1. The fraction of sp³-hybridized carbons (Fsp3) is 0.385. The lowest BCUT2D eigenvalue weighted by molar-refractivity contribution is 0.0714. The van der Waals surface area contributed by atoms with E-state index in [-0.39, 0.29) is 0 Å². The zero-order valence-electron chi connectivity index (χ0n) is 11.1. The van der Waals surface area contributed by atoms with E-state index >= 15 is 0 Å². The van der Waals surface area contributed by atoms with Crippen molar-refractivity contribution < 1.29 is 14.0 Å². The minimum absolute atomic E-state index is 0.438. The maximum absolute atomic E-state index is 5.92. The standard InChI is InChI=1S/C13H16IN3O3/c1-18-6-7-19-5-4-12-16-13(20-17-12)10-8-9(14)2-3-11(10)15/h2-3,8H,4-7,15H2,1H3. The second kappa shape index (κ2) is 7.55. The van der Waals surface area contributed by atoms with Crippen LogP contribution >= 0.6 is 22.6 Å². The van der Waals surface area contributed by atoms with Crippen LogP contribution in [-0.4, -0.2) is 37.1 Å². The van der Waals surface area contributed by atoms with Crippen LogP contribution in [0.3, 0.4) is 0 Å². The molecule has 0 amide bonds. The second-order valence-electron chi connectivity index (χ2n) is 4.10. The Morgan fingerprint density at radius 3 is 2.95 bits per heavy atom. The highest BCUT2D eigenvalue weighted by Gasteiger charge is 2.12. The zero-order valence-corrected chi connectivity index (χ0v) is 13.3. The van der Waals surface area contributed by atoms with Crippen molar-refractivity contribution in [3.05, 3.63) is 27.6 Å². The van der Waals surface area contributed by atoms with E-state index in [1.165, 1.54) is 0 Å². The molecule has 0 bridgehead atoms. The topological polar surface area (TPSA) is 83.4 Å². The van der Waals surface area contributed by atoms with Crippen molar-refractivity contribution in [1.82, 2.24) is 10.1 Å². The van der Waals surface area contributed by atoms with Gasteiger partial charge in [0.15, 0.2) is 5.82 Å². The molecule has 6 nitrogen and oxygen atoms in total. The fourth-order valence-corrected chi connectivity index (χ4v) is 2.08. The summed E-state index contributed by atoms with van der Waals surface area (Å²) >= 11 is 2.21. The van der Waals surface area contributed by atoms with Crippen molar-refractivity contribution in [2.45, 2.75) is 6.42 Å². The van der Waals surface area contributed by atoms with Crippen molar-refractivity contribution in [3.8, 4) is 11.5 Å². The van der Waals surface area contributed by atoms with Crippen molar-refractivity contribution in [2.24, 2.45) is 0 Å². The third-order valence-electron chi connectivity index (χ3n) is 2.62. The van der Waals surface area contributed by atoms with Gasteiger partial charge in [0.25, 0.3) is 5.89 Å². The summed E-state index contributed by atoms with van der Waals surface area (Å²) in [5.41, 5.74) is 7.30. The predicted molar refractivity (Wildman–Crippen MR) is 83.3 cm³/mol. The van der Waals surface area contributed by atoms with Crippen LogP contribution in [0.4, 0.5) is 5.69 Å². The smallest absolute Gasteiger partial charge is 0.260 e. The second-order valence-corrected chi connectivity index (χ2v) is 5.35. The van der Waals surface area contributed by atoms with Gasteiger partial charge in [-0.05, 0) is 40.8 Å². The molecule has 2 N–H and O–H groups in total. The lowest BCUT2D eigenvalue weighted by Gasteiger charge is -2.01. The van der Waals surface area contributed by atoms with Gasteiger partial charge in [-0.3, -0.25) is 0 Å². The summed E-state index contributed by atoms with van der Waals surface area (Å²) in [4.78, 5) is 4.33. The Bertz CT molecular complexity index is 560. The van der Waals surface area contributed by atoms with Gasteiger partial charge in [0.1, 0.15) is 0 Å². The van der Waals surface area contributed by atoms with Crippen LogP contribution in [-0.2, 0) is 15.9 Å². The van der Waals surface area contributed by atoms with Crippen molar-refractivity contribution in [1.29, 1.82) is 0 Å². The van der Waals surface area contributed by atoms with E-state index in [9.17, 15) is 0 Å². The highest BCUT2D eigenvalue weighted by molar-refractivity contribution is 14.1. The largest absolute Gasteiger partial charge is 0.398 e. The molecule has 0 spiro atoms. The first-order chi connectivity index (χ1) is 9.70. The molecule has 0 radical (unpaired) electrons. The Balaban J connectivity index is 1.96. The summed E-state index contributed by atoms with van der Waals surface area (Å²) in [7, 11) is 1.64. The van der Waals surface area contributed by atoms with Crippen molar-refractivity contribution >= 4 is 28.3 Å². The molecule has 0 fully saturated rings. The minimum Gasteiger partial charge on any atom is -0.398 e. The molecule has 0 aliphatic heterocycles. The monoisotopic (exact) mass is 389 g/mol. The third kappa shape index (κ3) is 4.15. The number of halogens is 1. The van der Waals surface area contributed by atoms with Gasteiger partial charge in [-0.1, -0.05) is 5.16 Å². The summed E-state index contributed by atoms with van der Waals surface area (Å²) in [6.07, 6.45) is 0.594. The SMILES string of the molecule is COCCOCCc1noc(-c2cc(I)ccc2N)n1. The van der Waals surface area contributed by atoms with Crippen molar-refractivity contribution in [3.63, 3.8) is 0 Å². The van der Waals surface area contributed by atoms with Crippen LogP contribution in [0.1, 0.15) is 5.82 Å². The van der Waals surface area contributed by atoms with E-state index in [1.807, 2.05) is 18.2 Å². The van der Waals surface area contributed by atoms with Gasteiger partial charge in [0.2, 0.25) is 0 Å². The van der Waals surface area contributed by atoms with E-state index < -0.39 is 0 Å². The van der Waals surface area contributed by atoms with Gasteiger partial charge in [0.05, 0.1) is 25.4 Å². The van der Waals surface area contributed by atoms with Gasteiger partial charge in [0, 0.05) is 22.8 Å². The van der Waals surface area contributed by atoms with Gasteiger partial charge in [-0.25, -0.2) is 0 Å². The third-order valence-corrected chi connectivity index (χ3v) is 3.29. The molecule has 0 atom stereocenters. The van der Waals surface area contributed by atoms with Crippen LogP contribution in [0.5, 0.6) is 0 Å². The summed E-state index contributed by atoms with van der Waals surface area (Å²) in [6, 6.07) is 5.68. The van der Waals surface area contributed by atoms with Gasteiger partial charge >= 0.3 is 0 Å². The molecule has 2 aromatic rings. The molecule has 2 rings (SSSR count). The normalized spacial score (nSPS) is 10.9. The summed E-state index contributed by atoms with van der Waals surface area (Å²) in [5, 5.41) is 3.93. The lowest BCUT2D eigenvalue weighted by atomic mass is 10.2. The Kier molecular flexibility index (Phi) is 5.74. The summed E-state index contributed by atoms with van der Waals surface area (Å²) in [6.45, 7) is 1.67. The van der Waals surface area contributed by atoms with E-state index in [1.54, 1.807) is 7.11 Å². The highest BCUT2D eigenvalue weighted by Crippen LogP contribution is 2.26. The average Bonchev–Trinajstić information content (AvgIpc) is 2.90. The molecule has 0 saturated heterocycles. The summed E-state index contributed by atoms with van der Waals surface area (Å²) in [5.74, 6) is 1.04. The highest BCUT2D eigenvalue weighted by atomic mass is 127. The molecule has 0 aliphatic carbocycles. The number of nitrogen functional groups attached to an aromatic ring is 1. The van der Waals surface area contributed by atoms with E-state index in [2.05, 4.69) is 32.7 Å². The number of anilines is 1. The quantitative estimate of drug-likeness (QED) is 0.444. The number of aromatic nitrogens is 2. The molecule has 7 heteroatoms. The lowest BCUT2D eigenvalue weighted by Crippen LogP contribution is -2.05. The number of nitrogens with zero attached hydrogens (tertiary/aromatic N) is 2. The molecule has 108 valence electrons. The Morgan fingerprint density at radius 2 is 2.15 bits per heavy atom. The number of methoxy groups -OCH3 is 1. The van der Waals surface area contributed by atoms with E-state index in [0.717, 1.165) is 9.13 Å². The molecular weight excluding hydrogens is 373 g/mol. The van der Waals surface area contributed by atoms with Gasteiger partial charge < -0.3 is 19.7 Å². The minimum atomic E-state index is 0.438. The first-order valence-corrected chi connectivity index (χ1v) is 7.23. The number of rotatable bonds is 7. The van der Waals surface area contributed by atoms with Crippen LogP contribution < -0.4 is 5.73 Å². The summed E-state index contributed by atoms with van der Waals surface area (Å²) < 4.78 is 16.6. The molecule has 0 saturated carbocycles. The Morgan fingerprint density at radius 1 is 1.30 bits per heavy atom. The number of hydrogen-bond acceptors (Lipinski definition) is 6. The molecule has 1 aromatic carbocycles. The molecule has 1 heterocycles. The number of ether oxygens (including phenoxy) is 2. The molecule has 0 unspecified atom stereocenters. The van der Waals surface area contributed by atoms with Gasteiger partial charge in [-0.15, -0.1) is 0 Å². The molecule has 0 aliphatic rings. The predicted octanol–water partition coefficient (Wildman–Crippen LogP) is 2.13. The number of nitrogens with two attached hydrogens (primary N) is 1. The van der Waals surface area contributed by atoms with Crippen LogP contribution in [0.15, 0.2) is 22.7 Å². The molecule has 1 aromatic heterocycles. The van der Waals surface area contributed by atoms with E-state index in [0.29, 0.717) is 43.6 Å². The maximum Gasteiger partial charge on any atom is 0.260 e. The first kappa shape index (κ1) is 15.2. The van der Waals surface area contributed by atoms with Crippen molar-refractivity contribution in [2.75, 3.05) is 32.7 Å².